The zero-order valence-electron chi connectivity index (χ0n) is 10.7. The van der Waals surface area contributed by atoms with Crippen LogP contribution in [0, 0.1) is 0 Å². The molecule has 0 aliphatic heterocycles. The molecule has 3 N–H and O–H groups in total. The second-order valence-electron chi connectivity index (χ2n) is 4.08. The third kappa shape index (κ3) is 2.46. The fourth-order valence-electron chi connectivity index (χ4n) is 1.95. The number of quaternary nitrogens is 1. The first-order chi connectivity index (χ1) is 8.76. The summed E-state index contributed by atoms with van der Waals surface area (Å²) in [5.41, 5.74) is 6.51. The van der Waals surface area contributed by atoms with Crippen LogP contribution < -0.4 is 15.2 Å². The molecular formula is C15H18NO2+. The Kier molecular flexibility index (Phi) is 3.85. The van der Waals surface area contributed by atoms with Crippen molar-refractivity contribution in [3.8, 4) is 11.5 Å². The number of rotatable bonds is 4. The normalized spacial score (nSPS) is 11.9. The molecule has 94 valence electrons. The van der Waals surface area contributed by atoms with Gasteiger partial charge in [0.1, 0.15) is 6.04 Å². The topological polar surface area (TPSA) is 46.1 Å². The smallest absolute Gasteiger partial charge is 0.161 e. The van der Waals surface area contributed by atoms with Gasteiger partial charge in [0, 0.05) is 11.1 Å². The van der Waals surface area contributed by atoms with E-state index < -0.39 is 0 Å². The van der Waals surface area contributed by atoms with Crippen LogP contribution in [0.3, 0.4) is 0 Å². The molecule has 2 aromatic carbocycles. The maximum Gasteiger partial charge on any atom is 0.161 e. The predicted molar refractivity (Wildman–Crippen MR) is 70.7 cm³/mol. The summed E-state index contributed by atoms with van der Waals surface area (Å²) < 4.78 is 10.5. The second-order valence-corrected chi connectivity index (χ2v) is 4.08. The maximum absolute atomic E-state index is 5.31. The van der Waals surface area contributed by atoms with E-state index >= 15 is 0 Å². The van der Waals surface area contributed by atoms with Gasteiger partial charge in [-0.05, 0) is 18.2 Å². The van der Waals surface area contributed by atoms with Crippen LogP contribution in [0.25, 0.3) is 0 Å². The second kappa shape index (κ2) is 5.56. The van der Waals surface area contributed by atoms with E-state index in [0.29, 0.717) is 0 Å². The summed E-state index contributed by atoms with van der Waals surface area (Å²) in [6.45, 7) is 0. The van der Waals surface area contributed by atoms with Gasteiger partial charge < -0.3 is 15.2 Å². The molecule has 1 atom stereocenters. The minimum Gasteiger partial charge on any atom is -0.493 e. The highest BCUT2D eigenvalue weighted by Crippen LogP contribution is 2.30. The number of hydrogen-bond acceptors (Lipinski definition) is 2. The summed E-state index contributed by atoms with van der Waals surface area (Å²) in [4.78, 5) is 0. The Balaban J connectivity index is 2.34. The van der Waals surface area contributed by atoms with Crippen LogP contribution in [-0.4, -0.2) is 14.2 Å². The van der Waals surface area contributed by atoms with Crippen molar-refractivity contribution in [2.24, 2.45) is 0 Å². The average molecular weight is 244 g/mol. The van der Waals surface area contributed by atoms with Crippen molar-refractivity contribution < 1.29 is 15.2 Å². The standard InChI is InChI=1S/C15H17NO2/c1-17-13-9-8-12(10-14(13)18-2)15(16)11-6-4-3-5-7-11/h3-10,15H,16H2,1-2H3/p+1/t15-/m0/s1. The SMILES string of the molecule is COc1ccc([C@@H]([NH3+])c2ccccc2)cc1OC. The molecule has 0 radical (unpaired) electrons. The highest BCUT2D eigenvalue weighted by molar-refractivity contribution is 5.45. The molecule has 2 rings (SSSR count). The Labute approximate surface area is 107 Å². The van der Waals surface area contributed by atoms with Crippen molar-refractivity contribution in [1.82, 2.24) is 0 Å². The highest BCUT2D eigenvalue weighted by atomic mass is 16.5. The third-order valence-corrected chi connectivity index (χ3v) is 3.01. The van der Waals surface area contributed by atoms with Crippen molar-refractivity contribution in [2.45, 2.75) is 6.04 Å². The van der Waals surface area contributed by atoms with Crippen molar-refractivity contribution in [2.75, 3.05) is 14.2 Å². The van der Waals surface area contributed by atoms with Gasteiger partial charge in [-0.2, -0.15) is 0 Å². The van der Waals surface area contributed by atoms with Gasteiger partial charge >= 0.3 is 0 Å². The van der Waals surface area contributed by atoms with E-state index in [2.05, 4.69) is 17.9 Å². The van der Waals surface area contributed by atoms with Crippen LogP contribution in [0.2, 0.25) is 0 Å². The van der Waals surface area contributed by atoms with E-state index in [0.717, 1.165) is 17.1 Å². The predicted octanol–water partition coefficient (Wildman–Crippen LogP) is 2.04. The first-order valence-corrected chi connectivity index (χ1v) is 5.86. The fraction of sp³-hybridized carbons (Fsp3) is 0.200. The van der Waals surface area contributed by atoms with Gasteiger partial charge in [0.15, 0.2) is 11.5 Å². The van der Waals surface area contributed by atoms with Gasteiger partial charge in [-0.3, -0.25) is 0 Å². The van der Waals surface area contributed by atoms with Crippen LogP contribution in [0.15, 0.2) is 48.5 Å². The Morgan fingerprint density at radius 2 is 1.50 bits per heavy atom. The van der Waals surface area contributed by atoms with Crippen molar-refractivity contribution >= 4 is 0 Å². The fourth-order valence-corrected chi connectivity index (χ4v) is 1.95. The van der Waals surface area contributed by atoms with E-state index in [-0.39, 0.29) is 6.04 Å². The third-order valence-electron chi connectivity index (χ3n) is 3.01. The van der Waals surface area contributed by atoms with E-state index in [1.807, 2.05) is 36.4 Å². The molecule has 0 amide bonds. The first-order valence-electron chi connectivity index (χ1n) is 5.86. The number of hydrogen-bond donors (Lipinski definition) is 1. The first kappa shape index (κ1) is 12.5. The van der Waals surface area contributed by atoms with Gasteiger partial charge in [0.2, 0.25) is 0 Å². The lowest BCUT2D eigenvalue weighted by Gasteiger charge is -2.13. The molecule has 0 saturated carbocycles. The largest absolute Gasteiger partial charge is 0.493 e. The highest BCUT2D eigenvalue weighted by Gasteiger charge is 2.14. The monoisotopic (exact) mass is 244 g/mol. The number of ether oxygens (including phenoxy) is 2. The quantitative estimate of drug-likeness (QED) is 0.894. The molecule has 0 aliphatic rings. The Hall–Kier alpha value is -2.00. The van der Waals surface area contributed by atoms with E-state index in [1.54, 1.807) is 14.2 Å². The average Bonchev–Trinajstić information content (AvgIpc) is 2.46. The van der Waals surface area contributed by atoms with Crippen molar-refractivity contribution in [3.63, 3.8) is 0 Å². The minimum atomic E-state index is 0.0889. The summed E-state index contributed by atoms with van der Waals surface area (Å²) in [7, 11) is 3.28. The molecule has 18 heavy (non-hydrogen) atoms. The Morgan fingerprint density at radius 1 is 0.833 bits per heavy atom. The van der Waals surface area contributed by atoms with Gasteiger partial charge in [-0.25, -0.2) is 0 Å². The molecule has 3 nitrogen and oxygen atoms in total. The van der Waals surface area contributed by atoms with Gasteiger partial charge in [-0.1, -0.05) is 30.3 Å². The molecule has 0 unspecified atom stereocenters. The summed E-state index contributed by atoms with van der Waals surface area (Å²) >= 11 is 0. The minimum absolute atomic E-state index is 0.0889. The summed E-state index contributed by atoms with van der Waals surface area (Å²) in [6.07, 6.45) is 0. The van der Waals surface area contributed by atoms with E-state index in [9.17, 15) is 0 Å². The molecule has 0 aromatic heterocycles. The lowest BCUT2D eigenvalue weighted by molar-refractivity contribution is -0.411. The Bertz CT molecular complexity index is 511. The van der Waals surface area contributed by atoms with Crippen molar-refractivity contribution in [3.05, 3.63) is 59.7 Å². The van der Waals surface area contributed by atoms with Crippen LogP contribution in [0.4, 0.5) is 0 Å². The lowest BCUT2D eigenvalue weighted by Crippen LogP contribution is -2.53. The summed E-state index contributed by atoms with van der Waals surface area (Å²) in [5, 5.41) is 0. The summed E-state index contributed by atoms with van der Waals surface area (Å²) in [6, 6.07) is 16.2. The molecule has 0 heterocycles. The van der Waals surface area contributed by atoms with Crippen LogP contribution in [-0.2, 0) is 0 Å². The van der Waals surface area contributed by atoms with Crippen LogP contribution in [0.1, 0.15) is 17.2 Å². The molecule has 0 fully saturated rings. The maximum atomic E-state index is 5.31. The molecule has 2 aromatic rings. The van der Waals surface area contributed by atoms with Crippen molar-refractivity contribution in [1.29, 1.82) is 0 Å². The van der Waals surface area contributed by atoms with Gasteiger partial charge in [-0.15, -0.1) is 0 Å². The molecular weight excluding hydrogens is 226 g/mol. The van der Waals surface area contributed by atoms with E-state index in [4.69, 9.17) is 9.47 Å². The molecule has 0 spiro atoms. The summed E-state index contributed by atoms with van der Waals surface area (Å²) in [5.74, 6) is 1.47. The number of methoxy groups -OCH3 is 2. The zero-order valence-corrected chi connectivity index (χ0v) is 10.7. The number of benzene rings is 2. The van der Waals surface area contributed by atoms with Crippen LogP contribution in [0.5, 0.6) is 11.5 Å². The Morgan fingerprint density at radius 3 is 2.11 bits per heavy atom. The van der Waals surface area contributed by atoms with Gasteiger partial charge in [0.05, 0.1) is 14.2 Å². The lowest BCUT2D eigenvalue weighted by atomic mass is 9.99. The van der Waals surface area contributed by atoms with Gasteiger partial charge in [0.25, 0.3) is 0 Å². The molecule has 3 heteroatoms. The van der Waals surface area contributed by atoms with Crippen LogP contribution >= 0.6 is 0 Å². The zero-order chi connectivity index (χ0) is 13.0. The molecule has 0 aliphatic carbocycles. The molecule has 0 bridgehead atoms. The molecule has 0 saturated heterocycles. The van der Waals surface area contributed by atoms with E-state index in [1.165, 1.54) is 5.56 Å².